The predicted octanol–water partition coefficient (Wildman–Crippen LogP) is 0.803. The zero-order valence-corrected chi connectivity index (χ0v) is 7.80. The van der Waals surface area contributed by atoms with E-state index in [4.69, 9.17) is 16.2 Å². The van der Waals surface area contributed by atoms with Crippen LogP contribution < -0.4 is 0 Å². The molecule has 7 heteroatoms. The van der Waals surface area contributed by atoms with Gasteiger partial charge in [0, 0.05) is 12.7 Å². The molecule has 0 aliphatic heterocycles. The first-order valence-corrected chi connectivity index (χ1v) is 4.97. The zero-order chi connectivity index (χ0) is 9.35. The summed E-state index contributed by atoms with van der Waals surface area (Å²) in [5.41, 5.74) is 0. The number of hydrogen-bond donors (Lipinski definition) is 1. The lowest BCUT2D eigenvalue weighted by atomic mass is 10.7. The maximum Gasteiger partial charge on any atom is 0.299 e. The smallest absolute Gasteiger partial charge is 0.282 e. The molecule has 1 aromatic heterocycles. The van der Waals surface area contributed by atoms with Gasteiger partial charge in [-0.2, -0.15) is 13.5 Å². The molecule has 1 aromatic rings. The molecule has 0 radical (unpaired) electrons. The van der Waals surface area contributed by atoms with E-state index in [1.165, 1.54) is 10.9 Å². The van der Waals surface area contributed by atoms with Crippen LogP contribution in [0.4, 0.5) is 0 Å². The summed E-state index contributed by atoms with van der Waals surface area (Å²) in [7, 11) is -4.24. The molecule has 1 rings (SSSR count). The topological polar surface area (TPSA) is 72.2 Å². The van der Waals surface area contributed by atoms with Gasteiger partial charge < -0.3 is 0 Å². The third-order valence-corrected chi connectivity index (χ3v) is 2.53. The molecule has 0 spiro atoms. The van der Waals surface area contributed by atoms with Crippen molar-refractivity contribution in [3.63, 3.8) is 0 Å². The Kier molecular flexibility index (Phi) is 2.41. The molecular weight excluding hydrogens is 204 g/mol. The maximum atomic E-state index is 10.6. The second-order valence-corrected chi connectivity index (χ2v) is 3.86. The normalized spacial score (nSPS) is 11.9. The molecule has 5 nitrogen and oxygen atoms in total. The van der Waals surface area contributed by atoms with Crippen LogP contribution >= 0.6 is 11.6 Å². The van der Waals surface area contributed by atoms with Crippen molar-refractivity contribution >= 4 is 21.7 Å². The molecule has 0 unspecified atom stereocenters. The standard InChI is InChI=1S/C5H7ClN2O3S/c1-2-8-3-4(5(6)7-8)12(9,10)11/h3H,2H2,1H3,(H,9,10,11). The monoisotopic (exact) mass is 210 g/mol. The highest BCUT2D eigenvalue weighted by Crippen LogP contribution is 2.18. The molecule has 0 amide bonds. The lowest BCUT2D eigenvalue weighted by Gasteiger charge is -1.89. The van der Waals surface area contributed by atoms with Crippen molar-refractivity contribution in [2.45, 2.75) is 18.4 Å². The van der Waals surface area contributed by atoms with Crippen molar-refractivity contribution in [3.8, 4) is 0 Å². The Hall–Kier alpha value is -0.590. The van der Waals surface area contributed by atoms with Crippen LogP contribution in [0.2, 0.25) is 5.15 Å². The predicted molar refractivity (Wildman–Crippen MR) is 42.7 cm³/mol. The van der Waals surface area contributed by atoms with Crippen molar-refractivity contribution in [2.24, 2.45) is 0 Å². The van der Waals surface area contributed by atoms with E-state index in [0.717, 1.165) is 0 Å². The fourth-order valence-electron chi connectivity index (χ4n) is 0.715. The molecule has 0 bridgehead atoms. The highest BCUT2D eigenvalue weighted by atomic mass is 35.5. The van der Waals surface area contributed by atoms with Gasteiger partial charge in [-0.3, -0.25) is 9.23 Å². The molecule has 0 saturated carbocycles. The highest BCUT2D eigenvalue weighted by Gasteiger charge is 2.17. The van der Waals surface area contributed by atoms with E-state index < -0.39 is 10.1 Å². The minimum atomic E-state index is -4.24. The number of aromatic nitrogens is 2. The number of hydrogen-bond acceptors (Lipinski definition) is 3. The molecule has 0 fully saturated rings. The first kappa shape index (κ1) is 9.50. The van der Waals surface area contributed by atoms with Gasteiger partial charge in [0.2, 0.25) is 0 Å². The molecular formula is C5H7ClN2O3S. The summed E-state index contributed by atoms with van der Waals surface area (Å²) in [6, 6.07) is 0. The van der Waals surface area contributed by atoms with Crippen molar-refractivity contribution in [1.82, 2.24) is 9.78 Å². The Labute approximate surface area is 74.7 Å². The molecule has 0 saturated heterocycles. The molecule has 0 aliphatic carbocycles. The minimum absolute atomic E-state index is 0.209. The summed E-state index contributed by atoms with van der Waals surface area (Å²) in [6.45, 7) is 2.27. The third-order valence-electron chi connectivity index (χ3n) is 1.29. The van der Waals surface area contributed by atoms with E-state index in [0.29, 0.717) is 6.54 Å². The maximum absolute atomic E-state index is 10.6. The van der Waals surface area contributed by atoms with E-state index in [1.807, 2.05) is 0 Å². The Morgan fingerprint density at radius 1 is 1.75 bits per heavy atom. The van der Waals surface area contributed by atoms with Gasteiger partial charge in [0.25, 0.3) is 10.1 Å². The average molecular weight is 211 g/mol. The quantitative estimate of drug-likeness (QED) is 0.733. The fourth-order valence-corrected chi connectivity index (χ4v) is 1.66. The summed E-state index contributed by atoms with van der Waals surface area (Å²) >= 11 is 5.44. The van der Waals surface area contributed by atoms with Crippen molar-refractivity contribution < 1.29 is 13.0 Å². The Morgan fingerprint density at radius 2 is 2.33 bits per heavy atom. The van der Waals surface area contributed by atoms with Crippen LogP contribution in [0, 0.1) is 0 Å². The molecule has 1 heterocycles. The largest absolute Gasteiger partial charge is 0.299 e. The second kappa shape index (κ2) is 3.04. The molecule has 0 aromatic carbocycles. The number of rotatable bonds is 2. The van der Waals surface area contributed by atoms with Gasteiger partial charge in [0.05, 0.1) is 0 Å². The lowest BCUT2D eigenvalue weighted by Crippen LogP contribution is -1.97. The molecule has 68 valence electrons. The van der Waals surface area contributed by atoms with E-state index in [1.54, 1.807) is 6.92 Å². The van der Waals surface area contributed by atoms with Crippen LogP contribution in [-0.2, 0) is 16.7 Å². The van der Waals surface area contributed by atoms with Crippen LogP contribution in [0.3, 0.4) is 0 Å². The SMILES string of the molecule is CCn1cc(S(=O)(=O)O)c(Cl)n1. The van der Waals surface area contributed by atoms with Crippen molar-refractivity contribution in [1.29, 1.82) is 0 Å². The fraction of sp³-hybridized carbons (Fsp3) is 0.400. The zero-order valence-electron chi connectivity index (χ0n) is 6.23. The van der Waals surface area contributed by atoms with Crippen LogP contribution in [0.15, 0.2) is 11.1 Å². The third kappa shape index (κ3) is 1.77. The Bertz CT molecular complexity index is 383. The van der Waals surface area contributed by atoms with Crippen LogP contribution in [0.1, 0.15) is 6.92 Å². The van der Waals surface area contributed by atoms with Gasteiger partial charge >= 0.3 is 0 Å². The van der Waals surface area contributed by atoms with Gasteiger partial charge in [-0.25, -0.2) is 0 Å². The van der Waals surface area contributed by atoms with Gasteiger partial charge in [-0.05, 0) is 6.92 Å². The van der Waals surface area contributed by atoms with Gasteiger partial charge in [0.1, 0.15) is 0 Å². The van der Waals surface area contributed by atoms with Crippen LogP contribution in [-0.4, -0.2) is 22.8 Å². The summed E-state index contributed by atoms with van der Waals surface area (Å²) in [6.07, 6.45) is 1.18. The van der Waals surface area contributed by atoms with Crippen molar-refractivity contribution in [3.05, 3.63) is 11.3 Å². The first-order valence-electron chi connectivity index (χ1n) is 3.15. The summed E-state index contributed by atoms with van der Waals surface area (Å²) in [5.74, 6) is 0. The summed E-state index contributed by atoms with van der Waals surface area (Å²) < 4.78 is 31.1. The van der Waals surface area contributed by atoms with Gasteiger partial charge in [-0.1, -0.05) is 11.6 Å². The van der Waals surface area contributed by atoms with Crippen LogP contribution in [0.25, 0.3) is 0 Å². The minimum Gasteiger partial charge on any atom is -0.282 e. The molecule has 12 heavy (non-hydrogen) atoms. The van der Waals surface area contributed by atoms with Crippen molar-refractivity contribution in [2.75, 3.05) is 0 Å². The van der Waals surface area contributed by atoms with Crippen LogP contribution in [0.5, 0.6) is 0 Å². The lowest BCUT2D eigenvalue weighted by molar-refractivity contribution is 0.483. The van der Waals surface area contributed by atoms with E-state index in [9.17, 15) is 8.42 Å². The number of nitrogens with zero attached hydrogens (tertiary/aromatic N) is 2. The average Bonchev–Trinajstić information content (AvgIpc) is 2.29. The summed E-state index contributed by atoms with van der Waals surface area (Å²) in [5, 5.41) is 3.43. The van der Waals surface area contributed by atoms with E-state index >= 15 is 0 Å². The van der Waals surface area contributed by atoms with E-state index in [2.05, 4.69) is 5.10 Å². The van der Waals surface area contributed by atoms with Gasteiger partial charge in [0.15, 0.2) is 10.0 Å². The number of halogens is 1. The first-order chi connectivity index (χ1) is 5.45. The summed E-state index contributed by atoms with van der Waals surface area (Å²) in [4.78, 5) is -0.356. The van der Waals surface area contributed by atoms with Gasteiger partial charge in [-0.15, -0.1) is 0 Å². The highest BCUT2D eigenvalue weighted by molar-refractivity contribution is 7.86. The Morgan fingerprint density at radius 3 is 2.58 bits per heavy atom. The van der Waals surface area contributed by atoms with E-state index in [-0.39, 0.29) is 10.0 Å². The number of aryl methyl sites for hydroxylation is 1. The Balaban J connectivity index is 3.27. The molecule has 1 N–H and O–H groups in total. The molecule has 0 aliphatic rings. The molecule has 0 atom stereocenters. The second-order valence-electron chi connectivity index (χ2n) is 2.11.